The third kappa shape index (κ3) is 4.17. The minimum atomic E-state index is -0.775. The number of halogens is 1. The molecule has 0 saturated heterocycles. The normalized spacial score (nSPS) is 10.6. The molecule has 0 aliphatic carbocycles. The lowest BCUT2D eigenvalue weighted by atomic mass is 10.1. The number of aromatic nitrogens is 1. The van der Waals surface area contributed by atoms with Gasteiger partial charge in [-0.2, -0.15) is 0 Å². The molecule has 6 nitrogen and oxygen atoms in total. The molecule has 0 spiro atoms. The van der Waals surface area contributed by atoms with E-state index in [0.29, 0.717) is 16.6 Å². The number of methoxy groups -OCH3 is 1. The molecule has 0 atom stereocenters. The van der Waals surface area contributed by atoms with Gasteiger partial charge in [0.2, 0.25) is 11.3 Å². The first-order chi connectivity index (χ1) is 13.0. The smallest absolute Gasteiger partial charge is 0.344 e. The van der Waals surface area contributed by atoms with Crippen LogP contribution in [0.4, 0.5) is 10.1 Å². The van der Waals surface area contributed by atoms with Gasteiger partial charge < -0.3 is 15.0 Å². The number of carbonyl (C=O) groups is 2. The van der Waals surface area contributed by atoms with Crippen LogP contribution in [0.15, 0.2) is 58.4 Å². The zero-order valence-electron chi connectivity index (χ0n) is 14.2. The number of para-hydroxylation sites is 1. The maximum absolute atomic E-state index is 12.9. The van der Waals surface area contributed by atoms with E-state index in [1.54, 1.807) is 24.3 Å². The number of hydrogen-bond acceptors (Lipinski definition) is 5. The van der Waals surface area contributed by atoms with Gasteiger partial charge in [0.15, 0.2) is 0 Å². The monoisotopic (exact) mass is 386 g/mol. The van der Waals surface area contributed by atoms with Crippen LogP contribution in [0.5, 0.6) is 0 Å². The van der Waals surface area contributed by atoms with E-state index in [2.05, 4.69) is 10.3 Å². The Labute approximate surface area is 157 Å². The summed E-state index contributed by atoms with van der Waals surface area (Å²) in [7, 11) is 1.19. The van der Waals surface area contributed by atoms with Crippen LogP contribution in [0.25, 0.3) is 10.9 Å². The Morgan fingerprint density at radius 2 is 1.85 bits per heavy atom. The van der Waals surface area contributed by atoms with Crippen molar-refractivity contribution in [2.45, 2.75) is 5.03 Å². The first-order valence-corrected chi connectivity index (χ1v) is 8.89. The van der Waals surface area contributed by atoms with Crippen molar-refractivity contribution < 1.29 is 18.7 Å². The van der Waals surface area contributed by atoms with Crippen molar-refractivity contribution in [3.8, 4) is 0 Å². The molecule has 2 N–H and O–H groups in total. The molecule has 0 unspecified atom stereocenters. The van der Waals surface area contributed by atoms with Gasteiger partial charge in [-0.25, -0.2) is 9.18 Å². The van der Waals surface area contributed by atoms with Gasteiger partial charge in [0.1, 0.15) is 11.4 Å². The fourth-order valence-corrected chi connectivity index (χ4v) is 3.33. The lowest BCUT2D eigenvalue weighted by Gasteiger charge is -2.10. The quantitative estimate of drug-likeness (QED) is 0.519. The van der Waals surface area contributed by atoms with Crippen LogP contribution >= 0.6 is 11.8 Å². The second-order valence-electron chi connectivity index (χ2n) is 5.54. The van der Waals surface area contributed by atoms with Crippen LogP contribution in [0, 0.1) is 5.82 Å². The summed E-state index contributed by atoms with van der Waals surface area (Å²) in [6.45, 7) is 0. The molecule has 1 amide bonds. The number of carbonyl (C=O) groups excluding carboxylic acids is 2. The molecule has 0 radical (unpaired) electrons. The van der Waals surface area contributed by atoms with Crippen molar-refractivity contribution in [1.29, 1.82) is 0 Å². The van der Waals surface area contributed by atoms with Gasteiger partial charge in [-0.1, -0.05) is 23.9 Å². The topological polar surface area (TPSA) is 88.3 Å². The summed E-state index contributed by atoms with van der Waals surface area (Å²) in [6.07, 6.45) is 0. The van der Waals surface area contributed by atoms with E-state index in [4.69, 9.17) is 4.74 Å². The molecule has 8 heteroatoms. The maximum Gasteiger partial charge on any atom is 0.344 e. The van der Waals surface area contributed by atoms with Crippen LogP contribution in [-0.4, -0.2) is 29.7 Å². The number of rotatable bonds is 5. The average Bonchev–Trinajstić information content (AvgIpc) is 2.68. The molecule has 3 rings (SSSR count). The largest absolute Gasteiger partial charge is 0.465 e. The van der Waals surface area contributed by atoms with Gasteiger partial charge >= 0.3 is 5.97 Å². The van der Waals surface area contributed by atoms with Crippen LogP contribution in [-0.2, 0) is 9.53 Å². The van der Waals surface area contributed by atoms with Crippen molar-refractivity contribution in [1.82, 2.24) is 4.98 Å². The summed E-state index contributed by atoms with van der Waals surface area (Å²) in [4.78, 5) is 39.9. The van der Waals surface area contributed by atoms with Gasteiger partial charge in [-0.05, 0) is 36.4 Å². The van der Waals surface area contributed by atoms with E-state index in [9.17, 15) is 18.8 Å². The Kier molecular flexibility index (Phi) is 5.56. The number of fused-ring (bicyclic) bond motifs is 1. The lowest BCUT2D eigenvalue weighted by Crippen LogP contribution is -2.20. The number of thioether (sulfide) groups is 1. The third-order valence-electron chi connectivity index (χ3n) is 3.74. The summed E-state index contributed by atoms with van der Waals surface area (Å²) in [6, 6.07) is 12.1. The van der Waals surface area contributed by atoms with E-state index in [1.165, 1.54) is 31.4 Å². The first-order valence-electron chi connectivity index (χ1n) is 7.91. The second-order valence-corrected chi connectivity index (χ2v) is 6.52. The number of pyridine rings is 1. The number of anilines is 1. The van der Waals surface area contributed by atoms with E-state index < -0.39 is 17.2 Å². The molecular formula is C19H15FN2O4S. The van der Waals surface area contributed by atoms with Crippen molar-refractivity contribution >= 4 is 40.2 Å². The fourth-order valence-electron chi connectivity index (χ4n) is 2.48. The number of H-pyrrole nitrogens is 1. The van der Waals surface area contributed by atoms with Gasteiger partial charge in [-0.15, -0.1) is 0 Å². The fraction of sp³-hybridized carbons (Fsp3) is 0.105. The molecule has 0 fully saturated rings. The number of nitrogens with one attached hydrogen (secondary N) is 2. The van der Waals surface area contributed by atoms with Crippen molar-refractivity contribution in [2.24, 2.45) is 0 Å². The molecule has 138 valence electrons. The van der Waals surface area contributed by atoms with Gasteiger partial charge in [0.25, 0.3) is 0 Å². The van der Waals surface area contributed by atoms with Crippen LogP contribution in [0.1, 0.15) is 10.4 Å². The number of esters is 1. The zero-order chi connectivity index (χ0) is 19.4. The van der Waals surface area contributed by atoms with Gasteiger partial charge in [0, 0.05) is 11.1 Å². The highest BCUT2D eigenvalue weighted by Gasteiger charge is 2.20. The molecule has 3 aromatic rings. The minimum Gasteiger partial charge on any atom is -0.465 e. The Balaban J connectivity index is 1.85. The van der Waals surface area contributed by atoms with E-state index in [1.807, 2.05) is 0 Å². The molecule has 1 aromatic heterocycles. The molecule has 0 aliphatic heterocycles. The second kappa shape index (κ2) is 8.05. The zero-order valence-corrected chi connectivity index (χ0v) is 15.1. The Bertz CT molecular complexity index is 1060. The first kappa shape index (κ1) is 18.7. The summed E-state index contributed by atoms with van der Waals surface area (Å²) in [5, 5.41) is 3.23. The van der Waals surface area contributed by atoms with Crippen LogP contribution in [0.2, 0.25) is 0 Å². The number of ether oxygens (including phenoxy) is 1. The lowest BCUT2D eigenvalue weighted by molar-refractivity contribution is -0.113. The molecule has 0 aliphatic rings. The highest BCUT2D eigenvalue weighted by molar-refractivity contribution is 8.00. The SMILES string of the molecule is COC(=O)c1c(SCC(=O)Nc2ccc(F)cc2)[nH]c2ccccc2c1=O. The predicted molar refractivity (Wildman–Crippen MR) is 102 cm³/mol. The molecule has 0 saturated carbocycles. The molecule has 27 heavy (non-hydrogen) atoms. The molecule has 0 bridgehead atoms. The average molecular weight is 386 g/mol. The molecular weight excluding hydrogens is 371 g/mol. The Morgan fingerprint density at radius 3 is 2.56 bits per heavy atom. The summed E-state index contributed by atoms with van der Waals surface area (Å²) < 4.78 is 17.6. The van der Waals surface area contributed by atoms with E-state index >= 15 is 0 Å². The number of hydrogen-bond donors (Lipinski definition) is 2. The third-order valence-corrected chi connectivity index (χ3v) is 4.74. The molecule has 1 heterocycles. The number of benzene rings is 2. The molecule has 2 aromatic carbocycles. The number of aromatic amines is 1. The van der Waals surface area contributed by atoms with E-state index in [-0.39, 0.29) is 22.2 Å². The Hall–Kier alpha value is -3.13. The van der Waals surface area contributed by atoms with Crippen molar-refractivity contribution in [3.63, 3.8) is 0 Å². The summed E-state index contributed by atoms with van der Waals surface area (Å²) in [5.74, 6) is -1.60. The van der Waals surface area contributed by atoms with Gasteiger partial charge in [0.05, 0.1) is 23.4 Å². The highest BCUT2D eigenvalue weighted by Crippen LogP contribution is 2.22. The van der Waals surface area contributed by atoms with Crippen molar-refractivity contribution in [3.05, 3.63) is 70.1 Å². The predicted octanol–water partition coefficient (Wildman–Crippen LogP) is 3.18. The van der Waals surface area contributed by atoms with Crippen molar-refractivity contribution in [2.75, 3.05) is 18.2 Å². The minimum absolute atomic E-state index is 0.0599. The summed E-state index contributed by atoms with van der Waals surface area (Å²) in [5.41, 5.74) is 0.396. The van der Waals surface area contributed by atoms with Crippen LogP contribution < -0.4 is 10.7 Å². The standard InChI is InChI=1S/C19H15FN2O4S/c1-26-19(25)16-17(24)13-4-2-3-5-14(13)22-18(16)27-10-15(23)21-12-8-6-11(20)7-9-12/h2-9H,10H2,1H3,(H,21,23)(H,22,24). The van der Waals surface area contributed by atoms with E-state index in [0.717, 1.165) is 11.8 Å². The van der Waals surface area contributed by atoms with Gasteiger partial charge in [-0.3, -0.25) is 9.59 Å². The summed E-state index contributed by atoms with van der Waals surface area (Å²) >= 11 is 1.01. The highest BCUT2D eigenvalue weighted by atomic mass is 32.2. The maximum atomic E-state index is 12.9. The van der Waals surface area contributed by atoms with Crippen LogP contribution in [0.3, 0.4) is 0 Å². The number of amides is 1. The Morgan fingerprint density at radius 1 is 1.15 bits per heavy atom.